The van der Waals surface area contributed by atoms with Crippen molar-refractivity contribution in [3.8, 4) is 0 Å². The Morgan fingerprint density at radius 1 is 1.08 bits per heavy atom. The zero-order chi connectivity index (χ0) is 17.4. The maximum atomic E-state index is 13.0. The van der Waals surface area contributed by atoms with Crippen LogP contribution in [0.25, 0.3) is 16.6 Å². The fourth-order valence-electron chi connectivity index (χ4n) is 3.29. The van der Waals surface area contributed by atoms with Crippen LogP contribution < -0.4 is 5.56 Å². The first kappa shape index (κ1) is 15.6. The lowest BCUT2D eigenvalue weighted by molar-refractivity contribution is 0.797. The van der Waals surface area contributed by atoms with Crippen LogP contribution in [0.15, 0.2) is 47.3 Å². The molecule has 0 aliphatic rings. The van der Waals surface area contributed by atoms with Crippen molar-refractivity contribution in [2.24, 2.45) is 0 Å². The first-order valence-corrected chi connectivity index (χ1v) is 8.61. The first-order valence-electron chi connectivity index (χ1n) is 8.61. The molecule has 4 rings (SSSR count). The van der Waals surface area contributed by atoms with Crippen molar-refractivity contribution in [3.05, 3.63) is 75.5 Å². The van der Waals surface area contributed by atoms with E-state index in [4.69, 9.17) is 0 Å². The Bertz CT molecular complexity index is 1120. The van der Waals surface area contributed by atoms with Crippen molar-refractivity contribution < 1.29 is 0 Å². The number of hydrogen-bond acceptors (Lipinski definition) is 3. The van der Waals surface area contributed by atoms with Crippen LogP contribution in [0.2, 0.25) is 0 Å². The Kier molecular flexibility index (Phi) is 3.84. The topological polar surface area (TPSA) is 63.1 Å². The highest BCUT2D eigenvalue weighted by Gasteiger charge is 2.14. The number of fused-ring (bicyclic) bond motifs is 2. The fraction of sp³-hybridized carbons (Fsp3) is 0.250. The lowest BCUT2D eigenvalue weighted by atomic mass is 9.98. The Morgan fingerprint density at radius 2 is 1.88 bits per heavy atom. The molecular weight excluding hydrogens is 312 g/mol. The van der Waals surface area contributed by atoms with Gasteiger partial charge in [-0.1, -0.05) is 49.4 Å². The molecule has 0 bridgehead atoms. The van der Waals surface area contributed by atoms with E-state index in [0.717, 1.165) is 29.9 Å². The van der Waals surface area contributed by atoms with Gasteiger partial charge in [0.15, 0.2) is 0 Å². The average Bonchev–Trinajstić information content (AvgIpc) is 3.01. The monoisotopic (exact) mass is 332 g/mol. The Hall–Kier alpha value is -2.95. The van der Waals surface area contributed by atoms with Gasteiger partial charge in [-0.25, -0.2) is 4.98 Å². The molecule has 0 aliphatic heterocycles. The van der Waals surface area contributed by atoms with E-state index in [2.05, 4.69) is 46.3 Å². The SMILES string of the molecule is CCCc1nc2nc(C)c(Cc3cccc4ccccc34)c(=O)n2[nH]1. The van der Waals surface area contributed by atoms with Crippen molar-refractivity contribution >= 4 is 16.6 Å². The highest BCUT2D eigenvalue weighted by molar-refractivity contribution is 5.85. The quantitative estimate of drug-likeness (QED) is 0.623. The molecule has 1 N–H and O–H groups in total. The van der Waals surface area contributed by atoms with Gasteiger partial charge in [-0.05, 0) is 29.7 Å². The van der Waals surface area contributed by atoms with E-state index in [-0.39, 0.29) is 5.56 Å². The highest BCUT2D eigenvalue weighted by Crippen LogP contribution is 2.21. The summed E-state index contributed by atoms with van der Waals surface area (Å²) in [6, 6.07) is 14.4. The summed E-state index contributed by atoms with van der Waals surface area (Å²) in [5, 5.41) is 5.44. The molecule has 0 saturated carbocycles. The number of aromatic nitrogens is 4. The number of rotatable bonds is 4. The third-order valence-electron chi connectivity index (χ3n) is 4.58. The van der Waals surface area contributed by atoms with Gasteiger partial charge in [-0.2, -0.15) is 9.50 Å². The number of hydrogen-bond donors (Lipinski definition) is 1. The van der Waals surface area contributed by atoms with Gasteiger partial charge >= 0.3 is 0 Å². The summed E-state index contributed by atoms with van der Waals surface area (Å²) in [5.41, 5.74) is 2.52. The number of nitrogens with one attached hydrogen (secondary N) is 1. The van der Waals surface area contributed by atoms with Gasteiger partial charge in [0, 0.05) is 18.4 Å². The van der Waals surface area contributed by atoms with E-state index < -0.39 is 0 Å². The van der Waals surface area contributed by atoms with Crippen molar-refractivity contribution in [2.75, 3.05) is 0 Å². The number of aromatic amines is 1. The summed E-state index contributed by atoms with van der Waals surface area (Å²) >= 11 is 0. The largest absolute Gasteiger partial charge is 0.277 e. The molecular formula is C20H20N4O. The standard InChI is InChI=1S/C20H20N4O/c1-3-7-18-22-20-21-13(2)17(19(25)24(20)23-18)12-15-10-6-9-14-8-4-5-11-16(14)15/h4-6,8-11H,3,7,12H2,1-2H3,(H,21,22,23). The van der Waals surface area contributed by atoms with Crippen LogP contribution in [0, 0.1) is 6.92 Å². The van der Waals surface area contributed by atoms with E-state index in [1.165, 1.54) is 15.3 Å². The van der Waals surface area contributed by atoms with E-state index in [1.807, 2.05) is 25.1 Å². The number of aryl methyl sites for hydroxylation is 2. The van der Waals surface area contributed by atoms with Gasteiger partial charge in [0.25, 0.3) is 11.3 Å². The van der Waals surface area contributed by atoms with Crippen LogP contribution in [0.3, 0.4) is 0 Å². The van der Waals surface area contributed by atoms with Crippen LogP contribution >= 0.6 is 0 Å². The minimum atomic E-state index is -0.0645. The van der Waals surface area contributed by atoms with Gasteiger partial charge in [-0.15, -0.1) is 0 Å². The third kappa shape index (κ3) is 2.71. The summed E-state index contributed by atoms with van der Waals surface area (Å²) < 4.78 is 1.47. The van der Waals surface area contributed by atoms with Crippen LogP contribution in [0.1, 0.15) is 36.0 Å². The molecule has 25 heavy (non-hydrogen) atoms. The second kappa shape index (κ2) is 6.16. The summed E-state index contributed by atoms with van der Waals surface area (Å²) in [7, 11) is 0. The van der Waals surface area contributed by atoms with Crippen molar-refractivity contribution in [1.82, 2.24) is 19.6 Å². The van der Waals surface area contributed by atoms with E-state index in [9.17, 15) is 4.79 Å². The van der Waals surface area contributed by atoms with Crippen LogP contribution in [-0.4, -0.2) is 19.6 Å². The molecule has 0 aliphatic carbocycles. The molecule has 2 aromatic carbocycles. The summed E-state index contributed by atoms with van der Waals surface area (Å²) in [6.45, 7) is 3.97. The normalized spacial score (nSPS) is 11.4. The van der Waals surface area contributed by atoms with E-state index in [1.54, 1.807) is 0 Å². The Morgan fingerprint density at radius 3 is 2.72 bits per heavy atom. The molecule has 0 atom stereocenters. The Balaban J connectivity index is 1.84. The fourth-order valence-corrected chi connectivity index (χ4v) is 3.29. The van der Waals surface area contributed by atoms with E-state index in [0.29, 0.717) is 17.8 Å². The predicted octanol–water partition coefficient (Wildman–Crippen LogP) is 3.42. The Labute approximate surface area is 145 Å². The molecule has 0 amide bonds. The lowest BCUT2D eigenvalue weighted by Gasteiger charge is -2.08. The van der Waals surface area contributed by atoms with Gasteiger partial charge in [-0.3, -0.25) is 9.89 Å². The first-order chi connectivity index (χ1) is 12.2. The lowest BCUT2D eigenvalue weighted by Crippen LogP contribution is -2.22. The van der Waals surface area contributed by atoms with E-state index >= 15 is 0 Å². The molecule has 0 spiro atoms. The second-order valence-corrected chi connectivity index (χ2v) is 6.35. The highest BCUT2D eigenvalue weighted by atomic mass is 16.1. The summed E-state index contributed by atoms with van der Waals surface area (Å²) in [6.07, 6.45) is 2.33. The number of benzene rings is 2. The van der Waals surface area contributed by atoms with Crippen molar-refractivity contribution in [3.63, 3.8) is 0 Å². The zero-order valence-corrected chi connectivity index (χ0v) is 14.4. The summed E-state index contributed by atoms with van der Waals surface area (Å²) in [4.78, 5) is 21.9. The molecule has 5 nitrogen and oxygen atoms in total. The molecule has 2 heterocycles. The van der Waals surface area contributed by atoms with Crippen molar-refractivity contribution in [1.29, 1.82) is 0 Å². The van der Waals surface area contributed by atoms with Crippen molar-refractivity contribution in [2.45, 2.75) is 33.1 Å². The van der Waals surface area contributed by atoms with Gasteiger partial charge < -0.3 is 0 Å². The smallest absolute Gasteiger partial charge is 0.275 e. The van der Waals surface area contributed by atoms with Crippen LogP contribution in [-0.2, 0) is 12.8 Å². The minimum Gasteiger partial charge on any atom is -0.275 e. The summed E-state index contributed by atoms with van der Waals surface area (Å²) in [5.74, 6) is 1.25. The van der Waals surface area contributed by atoms with Crippen LogP contribution in [0.5, 0.6) is 0 Å². The van der Waals surface area contributed by atoms with Gasteiger partial charge in [0.05, 0.1) is 5.69 Å². The molecule has 4 aromatic rings. The maximum absolute atomic E-state index is 13.0. The van der Waals surface area contributed by atoms with Crippen LogP contribution in [0.4, 0.5) is 0 Å². The average molecular weight is 332 g/mol. The second-order valence-electron chi connectivity index (χ2n) is 6.35. The zero-order valence-electron chi connectivity index (χ0n) is 14.4. The molecule has 126 valence electrons. The molecule has 0 unspecified atom stereocenters. The number of nitrogens with zero attached hydrogens (tertiary/aromatic N) is 3. The number of H-pyrrole nitrogens is 1. The molecule has 5 heteroatoms. The molecule has 0 saturated heterocycles. The molecule has 2 aromatic heterocycles. The van der Waals surface area contributed by atoms with Gasteiger partial charge in [0.1, 0.15) is 5.82 Å². The van der Waals surface area contributed by atoms with Gasteiger partial charge in [0.2, 0.25) is 0 Å². The molecule has 0 radical (unpaired) electrons. The predicted molar refractivity (Wildman–Crippen MR) is 99.1 cm³/mol. The maximum Gasteiger partial charge on any atom is 0.277 e. The molecule has 0 fully saturated rings. The minimum absolute atomic E-state index is 0.0645. The third-order valence-corrected chi connectivity index (χ3v) is 4.58.